The van der Waals surface area contributed by atoms with Gasteiger partial charge in [-0.3, -0.25) is 28.8 Å². The van der Waals surface area contributed by atoms with Gasteiger partial charge >= 0.3 is 36.1 Å². The third-order valence-corrected chi connectivity index (χ3v) is 20.0. The maximum Gasteiger partial charge on any atom is 0.408 e. The molecule has 7 N–H and O–H groups in total. The second kappa shape index (κ2) is 31.6. The number of alkyl carbamates (subject to hydrolysis) is 2. The maximum atomic E-state index is 13.9. The van der Waals surface area contributed by atoms with E-state index >= 15 is 0 Å². The summed E-state index contributed by atoms with van der Waals surface area (Å²) in [5.74, 6) is -4.60. The number of hydrogen-bond donors (Lipinski definition) is 7. The SMILES string of the molecule is CCc1c2c(nc3ccc(O)cc13)-c1cc3c(c(=O)n1C2)COC(=O)[C@@]3(CC)OC(=O)NCCCCCC(=O)NCc1ccc(C(=O)O)cc1.CCc1c2c(nc3ccc(O)cc13)-c1cc3c(c(=O)n1C2)COC(=O)[C@@]3(CC)OC(=O)NCCCCCC(=O)NCc1ccc(C(=O)ON2C(=O)CCC2=O)cc1. The fourth-order valence-electron chi connectivity index (χ4n) is 14.3. The predicted molar refractivity (Wildman–Crippen MR) is 383 cm³/mol. The van der Waals surface area contributed by atoms with Crippen molar-refractivity contribution in [2.75, 3.05) is 13.1 Å². The van der Waals surface area contributed by atoms with E-state index in [0.717, 1.165) is 44.2 Å². The highest BCUT2D eigenvalue weighted by Gasteiger charge is 2.52. The number of amides is 6. The molecule has 1 saturated heterocycles. The van der Waals surface area contributed by atoms with E-state index in [9.17, 15) is 67.7 Å². The molecule has 0 aliphatic carbocycles. The summed E-state index contributed by atoms with van der Waals surface area (Å²) in [6, 6.07) is 25.8. The number of nitrogens with zero attached hydrogens (tertiary/aromatic N) is 5. The number of carbonyl (C=O) groups is 10. The molecule has 556 valence electrons. The number of hydrogen-bond acceptors (Lipinski definition) is 21. The Bertz CT molecular complexity index is 5070. The summed E-state index contributed by atoms with van der Waals surface area (Å²) >= 11 is 0. The van der Waals surface area contributed by atoms with Gasteiger partial charge in [0, 0.05) is 84.9 Å². The smallest absolute Gasteiger partial charge is 0.408 e. The van der Waals surface area contributed by atoms with E-state index in [2.05, 4.69) is 21.3 Å². The van der Waals surface area contributed by atoms with E-state index in [0.29, 0.717) is 90.2 Å². The Kier molecular flexibility index (Phi) is 22.0. The van der Waals surface area contributed by atoms with Crippen LogP contribution in [-0.4, -0.2) is 112 Å². The first-order valence-corrected chi connectivity index (χ1v) is 35.6. The summed E-state index contributed by atoms with van der Waals surface area (Å²) < 4.78 is 25.7. The van der Waals surface area contributed by atoms with Gasteiger partial charge in [-0.1, -0.05) is 64.8 Å². The number of nitrogens with one attached hydrogen (secondary N) is 4. The third kappa shape index (κ3) is 15.1. The number of aryl methyl sites for hydroxylation is 2. The number of pyridine rings is 4. The Labute approximate surface area is 611 Å². The van der Waals surface area contributed by atoms with Crippen LogP contribution in [0.15, 0.2) is 107 Å². The van der Waals surface area contributed by atoms with Gasteiger partial charge in [0.1, 0.15) is 24.7 Å². The number of phenolic OH excluding ortho intramolecular Hbond substituents is 2. The quantitative estimate of drug-likeness (QED) is 0.0121. The molecule has 6 amide bonds. The normalized spacial score (nSPS) is 16.4. The standard InChI is InChI=1S/C41H41N5O11.C37H38N4O9/c1-3-26-27-18-25(47)13-14-31(27)44-36-28(26)21-45-32(36)19-30-29(37(45)51)22-55-39(53)41(30,4-2)56-40(54)42-17-7-5-6-8-33(48)43-20-23-9-11-24(12-10-23)38(52)57-46-34(49)15-16-35(46)50;1-3-24-25-16-23(42)13-14-29(25)40-32-26(24)19-41-30(32)17-28-27(33(41)44)20-49-35(47)37(28,4-2)50-36(48)38-15-7-5-6-8-31(43)39-18-21-9-11-22(12-10-21)34(45)46/h9-14,18-19,47H,3-8,15-17,20-22H2,1-2H3,(H,42,54)(H,43,48);9-14,16-17,42H,3-8,15,18-20H2,1-2H3,(H,38,48)(H,39,43)(H,45,46)/t41-;37-/m00/s1. The number of aromatic hydroxyl groups is 2. The minimum atomic E-state index is -1.86. The summed E-state index contributed by atoms with van der Waals surface area (Å²) in [6.45, 7) is 8.35. The molecule has 8 aromatic rings. The van der Waals surface area contributed by atoms with Crippen LogP contribution in [-0.2, 0) is 116 Å². The Morgan fingerprint density at radius 1 is 0.514 bits per heavy atom. The number of cyclic esters (lactones) is 2. The molecule has 4 aromatic heterocycles. The number of hydroxylamine groups is 2. The molecular weight excluding hydrogens is 1380 g/mol. The van der Waals surface area contributed by atoms with Gasteiger partial charge in [-0.05, 0) is 146 Å². The summed E-state index contributed by atoms with van der Waals surface area (Å²) in [5, 5.41) is 42.3. The van der Waals surface area contributed by atoms with Crippen LogP contribution in [0.25, 0.3) is 44.6 Å². The molecule has 0 saturated carbocycles. The Hall–Kier alpha value is -12.3. The number of aromatic carboxylic acids is 1. The number of carboxylic acids is 1. The van der Waals surface area contributed by atoms with Crippen LogP contribution in [0.1, 0.15) is 181 Å². The van der Waals surface area contributed by atoms with Crippen LogP contribution in [0.3, 0.4) is 0 Å². The molecule has 0 bridgehead atoms. The van der Waals surface area contributed by atoms with Gasteiger partial charge in [-0.2, -0.15) is 0 Å². The zero-order chi connectivity index (χ0) is 76.0. The van der Waals surface area contributed by atoms with Crippen molar-refractivity contribution >= 4 is 81.5 Å². The van der Waals surface area contributed by atoms with Crippen molar-refractivity contribution in [1.82, 2.24) is 45.4 Å². The van der Waals surface area contributed by atoms with Gasteiger partial charge in [-0.15, -0.1) is 5.06 Å². The van der Waals surface area contributed by atoms with E-state index in [1.165, 1.54) is 24.3 Å². The van der Waals surface area contributed by atoms with Crippen LogP contribution >= 0.6 is 0 Å². The number of ether oxygens (including phenoxy) is 4. The van der Waals surface area contributed by atoms with Gasteiger partial charge in [0.2, 0.25) is 23.0 Å². The maximum absolute atomic E-state index is 13.9. The van der Waals surface area contributed by atoms with Crippen LogP contribution in [0.5, 0.6) is 11.5 Å². The van der Waals surface area contributed by atoms with Crippen molar-refractivity contribution in [3.05, 3.63) is 185 Å². The van der Waals surface area contributed by atoms with Gasteiger partial charge in [0.25, 0.3) is 22.9 Å². The van der Waals surface area contributed by atoms with Crippen molar-refractivity contribution in [3.8, 4) is 34.3 Å². The third-order valence-electron chi connectivity index (χ3n) is 20.0. The molecule has 107 heavy (non-hydrogen) atoms. The number of aromatic nitrogens is 4. The molecule has 29 heteroatoms. The van der Waals surface area contributed by atoms with E-state index in [-0.39, 0.29) is 159 Å². The van der Waals surface area contributed by atoms with Crippen molar-refractivity contribution < 1.29 is 87.0 Å². The largest absolute Gasteiger partial charge is 0.508 e. The number of benzene rings is 4. The predicted octanol–water partition coefficient (Wildman–Crippen LogP) is 8.84. The van der Waals surface area contributed by atoms with Crippen molar-refractivity contribution in [1.29, 1.82) is 0 Å². The zero-order valence-corrected chi connectivity index (χ0v) is 59.3. The highest BCUT2D eigenvalue weighted by atomic mass is 16.7. The number of carbonyl (C=O) groups excluding carboxylic acids is 9. The molecule has 2 atom stereocenters. The molecule has 13 rings (SSSR count). The molecule has 0 unspecified atom stereocenters. The molecule has 1 fully saturated rings. The zero-order valence-electron chi connectivity index (χ0n) is 59.3. The fourth-order valence-corrected chi connectivity index (χ4v) is 14.3. The molecular formula is C78H79N9O20. The topological polar surface area (TPSA) is 399 Å². The first-order valence-electron chi connectivity index (χ1n) is 35.6. The lowest BCUT2D eigenvalue weighted by Gasteiger charge is -2.35. The Morgan fingerprint density at radius 2 is 0.935 bits per heavy atom. The molecule has 0 spiro atoms. The monoisotopic (exact) mass is 1460 g/mol. The average molecular weight is 1460 g/mol. The van der Waals surface area contributed by atoms with Crippen LogP contribution in [0, 0.1) is 0 Å². The van der Waals surface area contributed by atoms with E-state index in [1.54, 1.807) is 95.8 Å². The lowest BCUT2D eigenvalue weighted by molar-refractivity contribution is -0.173. The fraction of sp³-hybridized carbons (Fsp3) is 0.359. The number of fused-ring (bicyclic) bond motifs is 10. The van der Waals surface area contributed by atoms with Crippen LogP contribution in [0.2, 0.25) is 0 Å². The highest BCUT2D eigenvalue weighted by molar-refractivity contribution is 6.03. The number of esters is 2. The van der Waals surface area contributed by atoms with E-state index in [1.807, 2.05) is 13.8 Å². The van der Waals surface area contributed by atoms with Gasteiger partial charge in [-0.25, -0.2) is 38.7 Å². The molecule has 5 aliphatic heterocycles. The molecule has 29 nitrogen and oxygen atoms in total. The lowest BCUT2D eigenvalue weighted by atomic mass is 9.85. The number of rotatable bonds is 25. The van der Waals surface area contributed by atoms with Crippen LogP contribution in [0.4, 0.5) is 9.59 Å². The minimum absolute atomic E-state index is 0.000594. The van der Waals surface area contributed by atoms with Gasteiger partial charge in [0.15, 0.2) is 0 Å². The summed E-state index contributed by atoms with van der Waals surface area (Å²) in [7, 11) is 0. The van der Waals surface area contributed by atoms with Gasteiger partial charge < -0.3 is 69.5 Å². The second-order valence-corrected chi connectivity index (χ2v) is 26.6. The summed E-state index contributed by atoms with van der Waals surface area (Å²) in [4.78, 5) is 167. The first kappa shape index (κ1) is 74.4. The summed E-state index contributed by atoms with van der Waals surface area (Å²) in [6.07, 6.45) is 3.65. The Balaban J connectivity index is 0.000000202. The van der Waals surface area contributed by atoms with E-state index in [4.69, 9.17) is 38.9 Å². The van der Waals surface area contributed by atoms with Crippen LogP contribution < -0.4 is 32.4 Å². The number of phenols is 2. The van der Waals surface area contributed by atoms with Crippen molar-refractivity contribution in [2.24, 2.45) is 0 Å². The molecule has 0 radical (unpaired) electrons. The summed E-state index contributed by atoms with van der Waals surface area (Å²) in [5.41, 5.74) is 5.65. The minimum Gasteiger partial charge on any atom is -0.508 e. The van der Waals surface area contributed by atoms with Gasteiger partial charge in [0.05, 0.1) is 69.2 Å². The molecule has 5 aliphatic rings. The number of imide groups is 1. The number of unbranched alkanes of at least 4 members (excludes halogenated alkanes) is 4. The van der Waals surface area contributed by atoms with E-state index < -0.39 is 59.1 Å². The lowest BCUT2D eigenvalue weighted by Crippen LogP contribution is -2.49. The van der Waals surface area contributed by atoms with Crippen molar-refractivity contribution in [3.63, 3.8) is 0 Å². The van der Waals surface area contributed by atoms with Crippen molar-refractivity contribution in [2.45, 2.75) is 168 Å². The first-order chi connectivity index (χ1) is 51.5. The average Bonchev–Trinajstić information content (AvgIpc) is 1.65. The highest BCUT2D eigenvalue weighted by Crippen LogP contribution is 2.45. The molecule has 9 heterocycles. The Morgan fingerprint density at radius 3 is 1.34 bits per heavy atom. The molecule has 4 aromatic carbocycles. The number of carboxylic acid groups (broad SMARTS) is 1. The second-order valence-electron chi connectivity index (χ2n) is 26.6.